The van der Waals surface area contributed by atoms with E-state index < -0.39 is 18.2 Å². The summed E-state index contributed by atoms with van der Waals surface area (Å²) < 4.78 is 10.8. The van der Waals surface area contributed by atoms with Gasteiger partial charge in [0.25, 0.3) is 5.91 Å². The van der Waals surface area contributed by atoms with Crippen molar-refractivity contribution in [2.24, 2.45) is 4.99 Å². The van der Waals surface area contributed by atoms with Crippen molar-refractivity contribution in [2.45, 2.75) is 6.17 Å². The third-order valence-electron chi connectivity index (χ3n) is 3.84. The summed E-state index contributed by atoms with van der Waals surface area (Å²) in [6.07, 6.45) is -2.60. The number of carbonyl (C=O) groups excluding carboxylic acids is 1. The van der Waals surface area contributed by atoms with Gasteiger partial charge in [-0.05, 0) is 6.07 Å². The Labute approximate surface area is 142 Å². The van der Waals surface area contributed by atoms with Crippen LogP contribution in [-0.2, 0) is 4.79 Å². The van der Waals surface area contributed by atoms with Crippen molar-refractivity contribution in [2.75, 3.05) is 12.1 Å². The molecule has 0 aromatic heterocycles. The van der Waals surface area contributed by atoms with Crippen LogP contribution in [0, 0.1) is 0 Å². The molecule has 126 valence electrons. The topological polar surface area (TPSA) is 109 Å². The first kappa shape index (κ1) is 15.0. The average molecular weight is 339 g/mol. The largest absolute Gasteiger partial charge is 0.465 e. The predicted molar refractivity (Wildman–Crippen MR) is 88.2 cm³/mol. The molecule has 8 heteroatoms. The molecule has 0 radical (unpaired) electrons. The van der Waals surface area contributed by atoms with Crippen molar-refractivity contribution in [1.82, 2.24) is 5.32 Å². The standard InChI is InChI=1S/C17H13N3O5/c21-16-15(20-17(22)23)19-14(9-4-2-1-3-5-9)10-6-12-13(25-8-24-12)7-11(10)18-16/h1-7,15,20H,8H2,(H,18,21)(H,22,23). The van der Waals surface area contributed by atoms with Gasteiger partial charge >= 0.3 is 6.09 Å². The number of benzene rings is 2. The van der Waals surface area contributed by atoms with Crippen LogP contribution in [0.2, 0.25) is 0 Å². The first-order valence-corrected chi connectivity index (χ1v) is 7.49. The smallest absolute Gasteiger partial charge is 0.406 e. The number of nitrogens with one attached hydrogen (secondary N) is 2. The molecule has 0 aliphatic carbocycles. The molecule has 2 aliphatic rings. The second-order valence-corrected chi connectivity index (χ2v) is 5.44. The summed E-state index contributed by atoms with van der Waals surface area (Å²) in [6, 6.07) is 12.6. The molecule has 2 aliphatic heterocycles. The minimum absolute atomic E-state index is 0.104. The van der Waals surface area contributed by atoms with E-state index in [1.54, 1.807) is 12.1 Å². The Kier molecular flexibility index (Phi) is 3.50. The molecule has 0 fully saturated rings. The van der Waals surface area contributed by atoms with Gasteiger partial charge in [0.05, 0.1) is 11.4 Å². The summed E-state index contributed by atoms with van der Waals surface area (Å²) in [5.41, 5.74) is 2.33. The first-order chi connectivity index (χ1) is 12.1. The maximum absolute atomic E-state index is 12.4. The van der Waals surface area contributed by atoms with E-state index in [9.17, 15) is 9.59 Å². The van der Waals surface area contributed by atoms with Gasteiger partial charge in [-0.25, -0.2) is 9.79 Å². The van der Waals surface area contributed by atoms with Gasteiger partial charge in [-0.15, -0.1) is 0 Å². The van der Waals surface area contributed by atoms with Crippen molar-refractivity contribution >= 4 is 23.4 Å². The van der Waals surface area contributed by atoms with E-state index in [1.807, 2.05) is 30.3 Å². The third kappa shape index (κ3) is 2.74. The molecule has 1 atom stereocenters. The normalized spacial score (nSPS) is 17.8. The van der Waals surface area contributed by atoms with Gasteiger partial charge in [0.1, 0.15) is 0 Å². The van der Waals surface area contributed by atoms with Gasteiger partial charge in [0, 0.05) is 17.2 Å². The van der Waals surface area contributed by atoms with E-state index in [1.165, 1.54) is 0 Å². The minimum atomic E-state index is -1.34. The minimum Gasteiger partial charge on any atom is -0.465 e. The van der Waals surface area contributed by atoms with E-state index in [-0.39, 0.29) is 6.79 Å². The zero-order valence-corrected chi connectivity index (χ0v) is 12.9. The highest BCUT2D eigenvalue weighted by molar-refractivity contribution is 6.20. The van der Waals surface area contributed by atoms with Crippen molar-refractivity contribution in [3.05, 3.63) is 53.6 Å². The van der Waals surface area contributed by atoms with Crippen LogP contribution in [0.1, 0.15) is 11.1 Å². The fourth-order valence-corrected chi connectivity index (χ4v) is 2.74. The Morgan fingerprint density at radius 3 is 2.64 bits per heavy atom. The van der Waals surface area contributed by atoms with Crippen molar-refractivity contribution in [3.8, 4) is 11.5 Å². The Morgan fingerprint density at radius 1 is 1.20 bits per heavy atom. The number of rotatable bonds is 2. The number of fused-ring (bicyclic) bond motifs is 2. The van der Waals surface area contributed by atoms with E-state index in [0.717, 1.165) is 5.56 Å². The number of hydrogen-bond acceptors (Lipinski definition) is 5. The van der Waals surface area contributed by atoms with Crippen molar-refractivity contribution in [1.29, 1.82) is 0 Å². The molecule has 1 unspecified atom stereocenters. The molecule has 0 saturated carbocycles. The summed E-state index contributed by atoms with van der Waals surface area (Å²) in [4.78, 5) is 27.7. The van der Waals surface area contributed by atoms with Crippen LogP contribution in [0.15, 0.2) is 47.5 Å². The summed E-state index contributed by atoms with van der Waals surface area (Å²) in [7, 11) is 0. The molecule has 8 nitrogen and oxygen atoms in total. The Morgan fingerprint density at radius 2 is 1.92 bits per heavy atom. The number of amides is 2. The Balaban J connectivity index is 1.89. The Hall–Kier alpha value is -3.55. The number of carboxylic acid groups (broad SMARTS) is 1. The lowest BCUT2D eigenvalue weighted by Gasteiger charge is -2.11. The van der Waals surface area contributed by atoms with E-state index in [0.29, 0.717) is 28.5 Å². The van der Waals surface area contributed by atoms with Gasteiger partial charge in [-0.2, -0.15) is 0 Å². The van der Waals surface area contributed by atoms with E-state index in [2.05, 4.69) is 15.6 Å². The van der Waals surface area contributed by atoms with Crippen LogP contribution < -0.4 is 20.1 Å². The number of hydrogen-bond donors (Lipinski definition) is 3. The molecule has 4 rings (SSSR count). The monoisotopic (exact) mass is 339 g/mol. The average Bonchev–Trinajstić information content (AvgIpc) is 3.00. The zero-order valence-electron chi connectivity index (χ0n) is 12.9. The summed E-state index contributed by atoms with van der Waals surface area (Å²) in [6.45, 7) is 0.104. The highest BCUT2D eigenvalue weighted by atomic mass is 16.7. The summed E-state index contributed by atoms with van der Waals surface area (Å²) in [5, 5.41) is 13.8. The SMILES string of the molecule is O=C(O)NC1N=C(c2ccccc2)c2cc3c(cc2NC1=O)OCO3. The summed E-state index contributed by atoms with van der Waals surface area (Å²) in [5.74, 6) is 0.478. The number of aliphatic imine (C=N–C) groups is 1. The molecular formula is C17H13N3O5. The van der Waals surface area contributed by atoms with E-state index >= 15 is 0 Å². The van der Waals surface area contributed by atoms with Crippen molar-refractivity contribution in [3.63, 3.8) is 0 Å². The zero-order chi connectivity index (χ0) is 17.4. The highest BCUT2D eigenvalue weighted by Crippen LogP contribution is 2.38. The molecule has 2 aromatic carbocycles. The van der Waals surface area contributed by atoms with Gasteiger partial charge in [0.15, 0.2) is 11.5 Å². The third-order valence-corrected chi connectivity index (χ3v) is 3.84. The van der Waals surface area contributed by atoms with Crippen LogP contribution in [0.5, 0.6) is 11.5 Å². The molecule has 2 aromatic rings. The maximum atomic E-state index is 12.4. The quantitative estimate of drug-likeness (QED) is 0.773. The van der Waals surface area contributed by atoms with Gasteiger partial charge in [-0.3, -0.25) is 10.1 Å². The number of carbonyl (C=O) groups is 2. The Bertz CT molecular complexity index is 895. The molecule has 0 saturated heterocycles. The second-order valence-electron chi connectivity index (χ2n) is 5.44. The lowest BCUT2D eigenvalue weighted by Crippen LogP contribution is -2.41. The van der Waals surface area contributed by atoms with Crippen LogP contribution in [-0.4, -0.2) is 35.8 Å². The highest BCUT2D eigenvalue weighted by Gasteiger charge is 2.29. The van der Waals surface area contributed by atoms with Crippen LogP contribution >= 0.6 is 0 Å². The first-order valence-electron chi connectivity index (χ1n) is 7.49. The molecule has 2 amide bonds. The van der Waals surface area contributed by atoms with Crippen LogP contribution in [0.3, 0.4) is 0 Å². The molecule has 2 heterocycles. The van der Waals surface area contributed by atoms with Crippen molar-refractivity contribution < 1.29 is 24.2 Å². The van der Waals surface area contributed by atoms with E-state index in [4.69, 9.17) is 14.6 Å². The fraction of sp³-hybridized carbons (Fsp3) is 0.118. The molecule has 0 bridgehead atoms. The lowest BCUT2D eigenvalue weighted by atomic mass is 10.00. The number of ether oxygens (including phenoxy) is 2. The number of nitrogens with zero attached hydrogens (tertiary/aromatic N) is 1. The molecule has 0 spiro atoms. The fourth-order valence-electron chi connectivity index (χ4n) is 2.74. The lowest BCUT2D eigenvalue weighted by molar-refractivity contribution is -0.117. The van der Waals surface area contributed by atoms with Gasteiger partial charge in [0.2, 0.25) is 13.0 Å². The molecular weight excluding hydrogens is 326 g/mol. The molecule has 3 N–H and O–H groups in total. The van der Waals surface area contributed by atoms with Gasteiger partial charge < -0.3 is 19.9 Å². The number of anilines is 1. The maximum Gasteiger partial charge on any atom is 0.406 e. The predicted octanol–water partition coefficient (Wildman–Crippen LogP) is 1.80. The second kappa shape index (κ2) is 5.82. The summed E-state index contributed by atoms with van der Waals surface area (Å²) >= 11 is 0. The van der Waals surface area contributed by atoms with Crippen LogP contribution in [0.25, 0.3) is 0 Å². The van der Waals surface area contributed by atoms with Crippen LogP contribution in [0.4, 0.5) is 10.5 Å². The van der Waals surface area contributed by atoms with Gasteiger partial charge in [-0.1, -0.05) is 30.3 Å². The molecule has 25 heavy (non-hydrogen) atoms.